The van der Waals surface area contributed by atoms with Gasteiger partial charge in [0, 0.05) is 37.4 Å². The summed E-state index contributed by atoms with van der Waals surface area (Å²) in [6.45, 7) is 15.0. The zero-order chi connectivity index (χ0) is 29.8. The van der Waals surface area contributed by atoms with Crippen molar-refractivity contribution in [3.63, 3.8) is 0 Å². The first kappa shape index (κ1) is 35.2. The first-order chi connectivity index (χ1) is 18.8. The number of carboxylic acids is 1. The highest BCUT2D eigenvalue weighted by Crippen LogP contribution is 2.42. The third-order valence-electron chi connectivity index (χ3n) is 8.81. The van der Waals surface area contributed by atoms with Gasteiger partial charge in [0.05, 0.1) is 6.10 Å². The summed E-state index contributed by atoms with van der Waals surface area (Å²) in [5, 5.41) is 8.99. The second-order valence-electron chi connectivity index (χ2n) is 13.4. The van der Waals surface area contributed by atoms with Crippen molar-refractivity contribution in [2.45, 2.75) is 134 Å². The van der Waals surface area contributed by atoms with Crippen LogP contribution in [0.15, 0.2) is 24.3 Å². The third kappa shape index (κ3) is 12.5. The summed E-state index contributed by atoms with van der Waals surface area (Å²) >= 11 is 6.83. The minimum atomic E-state index is -1.75. The van der Waals surface area contributed by atoms with Crippen LogP contribution in [0, 0.1) is 17.8 Å². The van der Waals surface area contributed by atoms with Crippen LogP contribution in [0.2, 0.25) is 18.1 Å². The van der Waals surface area contributed by atoms with Crippen LogP contribution in [0.1, 0.15) is 98.3 Å². The Balaban J connectivity index is 1.91. The van der Waals surface area contributed by atoms with Crippen LogP contribution in [0.4, 0.5) is 0 Å². The molecule has 0 aromatic heterocycles. The molecule has 1 unspecified atom stereocenters. The van der Waals surface area contributed by atoms with Crippen LogP contribution < -0.4 is 0 Å². The lowest BCUT2D eigenvalue weighted by Gasteiger charge is -2.37. The number of ketones is 1. The molecule has 1 saturated heterocycles. The van der Waals surface area contributed by atoms with Gasteiger partial charge in [0.25, 0.3) is 0 Å². The van der Waals surface area contributed by atoms with Gasteiger partial charge in [-0.25, -0.2) is 0 Å². The number of carbonyl (C=O) groups excluding carboxylic acids is 1. The molecule has 40 heavy (non-hydrogen) atoms. The van der Waals surface area contributed by atoms with Crippen LogP contribution in [-0.4, -0.2) is 56.2 Å². The summed E-state index contributed by atoms with van der Waals surface area (Å²) in [4.78, 5) is 23.6. The fourth-order valence-electron chi connectivity index (χ4n) is 5.12. The van der Waals surface area contributed by atoms with Gasteiger partial charge in [0.2, 0.25) is 0 Å². The van der Waals surface area contributed by atoms with Crippen molar-refractivity contribution in [2.75, 3.05) is 13.2 Å². The molecule has 0 aromatic rings. The number of hydrogen-bond acceptors (Lipinski definition) is 5. The first-order valence-corrected chi connectivity index (χ1v) is 18.8. The molecule has 0 aromatic carbocycles. The molecule has 0 spiro atoms. The minimum Gasteiger partial charge on any atom is -0.481 e. The molecule has 6 nitrogen and oxygen atoms in total. The van der Waals surface area contributed by atoms with Gasteiger partial charge in [-0.05, 0) is 93.8 Å². The summed E-state index contributed by atoms with van der Waals surface area (Å²) in [5.41, 5.74) is 0. The van der Waals surface area contributed by atoms with Crippen LogP contribution in [0.5, 0.6) is 0 Å². The quantitative estimate of drug-likeness (QED) is 0.0596. The van der Waals surface area contributed by atoms with Crippen molar-refractivity contribution >= 4 is 31.7 Å². The summed E-state index contributed by atoms with van der Waals surface area (Å²) in [6.07, 6.45) is 16.1. The van der Waals surface area contributed by atoms with E-state index in [-0.39, 0.29) is 46.8 Å². The number of hydrogen-bond donors (Lipinski definition) is 1. The van der Waals surface area contributed by atoms with Gasteiger partial charge < -0.3 is 19.0 Å². The first-order valence-electron chi connectivity index (χ1n) is 15.4. The zero-order valence-electron chi connectivity index (χ0n) is 25.8. The summed E-state index contributed by atoms with van der Waals surface area (Å²) in [6, 6.07) is 0. The van der Waals surface area contributed by atoms with Gasteiger partial charge in [-0.15, -0.1) is 11.6 Å². The number of rotatable bonds is 17. The summed E-state index contributed by atoms with van der Waals surface area (Å²) < 4.78 is 18.6. The third-order valence-corrected chi connectivity index (χ3v) is 13.8. The maximum atomic E-state index is 12.8. The Morgan fingerprint density at radius 3 is 2.55 bits per heavy atom. The number of aliphatic carboxylic acids is 1. The zero-order valence-corrected chi connectivity index (χ0v) is 27.6. The molecule has 2 aliphatic rings. The SMILES string of the molecule is C[C@H](CCCC(=O)C=C[C@H]1[C@@H](CC=CCCCC(=O)O)[C@@H](Cl)C[C@H]1OC1CCCCO1)CO[Si](C)(C)C(C)(C)C. The monoisotopic (exact) mass is 598 g/mol. The van der Waals surface area contributed by atoms with Crippen molar-refractivity contribution in [3.8, 4) is 0 Å². The molecule has 0 bridgehead atoms. The Bertz CT molecular complexity index is 830. The van der Waals surface area contributed by atoms with Crippen molar-refractivity contribution in [2.24, 2.45) is 17.8 Å². The number of halogens is 1. The lowest BCUT2D eigenvalue weighted by Crippen LogP contribution is -2.41. The molecule has 2 rings (SSSR count). The minimum absolute atomic E-state index is 0.0394. The van der Waals surface area contributed by atoms with Crippen LogP contribution in [0.25, 0.3) is 0 Å². The molecule has 230 valence electrons. The normalized spacial score (nSPS) is 27.0. The second kappa shape index (κ2) is 17.2. The molecule has 0 radical (unpaired) electrons. The molecule has 8 heteroatoms. The summed E-state index contributed by atoms with van der Waals surface area (Å²) in [5.74, 6) is 0.00249. The highest BCUT2D eigenvalue weighted by Gasteiger charge is 2.42. The standard InChI is InChI=1S/C32H55ClO6Si/c1-24(23-38-40(5,6)32(2,3)4)14-13-15-25(34)19-20-27-26(16-9-7-8-10-17-30(35)36)28(33)22-29(27)39-31-18-11-12-21-37-31/h7,9,19-20,24,26-29,31H,8,10-18,21-23H2,1-6H3,(H,35,36)/t24-,26-,27+,28+,29-,31?/m1/s1. The second-order valence-corrected chi connectivity index (χ2v) is 18.7. The van der Waals surface area contributed by atoms with E-state index in [0.717, 1.165) is 64.6 Å². The van der Waals surface area contributed by atoms with Crippen molar-refractivity contribution in [1.82, 2.24) is 0 Å². The molecule has 1 aliphatic carbocycles. The molecule has 6 atom stereocenters. The van der Waals surface area contributed by atoms with E-state index < -0.39 is 14.3 Å². The maximum Gasteiger partial charge on any atom is 0.303 e. The number of carbonyl (C=O) groups is 2. The van der Waals surface area contributed by atoms with E-state index in [1.54, 1.807) is 6.08 Å². The Hall–Kier alpha value is -0.993. The Morgan fingerprint density at radius 2 is 1.90 bits per heavy atom. The highest BCUT2D eigenvalue weighted by atomic mass is 35.5. The van der Waals surface area contributed by atoms with Crippen LogP contribution in [0.3, 0.4) is 0 Å². The van der Waals surface area contributed by atoms with E-state index in [2.05, 4.69) is 46.9 Å². The van der Waals surface area contributed by atoms with E-state index in [1.807, 2.05) is 12.2 Å². The molecule has 1 saturated carbocycles. The number of allylic oxidation sites excluding steroid dienone is 3. The average Bonchev–Trinajstić information content (AvgIpc) is 3.16. The lowest BCUT2D eigenvalue weighted by molar-refractivity contribution is -0.192. The van der Waals surface area contributed by atoms with E-state index >= 15 is 0 Å². The van der Waals surface area contributed by atoms with Gasteiger partial charge in [0.1, 0.15) is 0 Å². The smallest absolute Gasteiger partial charge is 0.303 e. The number of carboxylic acid groups (broad SMARTS) is 1. The predicted octanol–water partition coefficient (Wildman–Crippen LogP) is 8.30. The van der Waals surface area contributed by atoms with Crippen molar-refractivity contribution < 1.29 is 28.6 Å². The number of unbranched alkanes of at least 4 members (excludes halogenated alkanes) is 1. The van der Waals surface area contributed by atoms with Gasteiger partial charge in [0.15, 0.2) is 20.4 Å². The Kier molecular flexibility index (Phi) is 15.1. The van der Waals surface area contributed by atoms with Crippen molar-refractivity contribution in [3.05, 3.63) is 24.3 Å². The van der Waals surface area contributed by atoms with Crippen LogP contribution >= 0.6 is 11.6 Å². The van der Waals surface area contributed by atoms with Gasteiger partial charge in [-0.1, -0.05) is 45.9 Å². The molecule has 1 heterocycles. The molecule has 1 N–H and O–H groups in total. The molecule has 0 amide bonds. The lowest BCUT2D eigenvalue weighted by atomic mass is 9.90. The highest BCUT2D eigenvalue weighted by molar-refractivity contribution is 6.74. The topological polar surface area (TPSA) is 82.1 Å². The molecular weight excluding hydrogens is 544 g/mol. The number of ether oxygens (including phenoxy) is 2. The number of alkyl halides is 1. The van der Waals surface area contributed by atoms with Gasteiger partial charge in [-0.2, -0.15) is 0 Å². The van der Waals surface area contributed by atoms with Gasteiger partial charge in [-0.3, -0.25) is 9.59 Å². The van der Waals surface area contributed by atoms with Crippen molar-refractivity contribution in [1.29, 1.82) is 0 Å². The molecule has 1 aliphatic heterocycles. The molecule has 2 fully saturated rings. The largest absolute Gasteiger partial charge is 0.481 e. The fraction of sp³-hybridized carbons (Fsp3) is 0.812. The van der Waals surface area contributed by atoms with E-state index in [0.29, 0.717) is 18.8 Å². The summed E-state index contributed by atoms with van der Waals surface area (Å²) in [7, 11) is -1.75. The predicted molar refractivity (Wildman–Crippen MR) is 165 cm³/mol. The van der Waals surface area contributed by atoms with E-state index in [1.165, 1.54) is 0 Å². The Morgan fingerprint density at radius 1 is 1.15 bits per heavy atom. The fourth-order valence-corrected chi connectivity index (χ4v) is 6.70. The van der Waals surface area contributed by atoms with Crippen LogP contribution in [-0.2, 0) is 23.5 Å². The van der Waals surface area contributed by atoms with E-state index in [9.17, 15) is 9.59 Å². The van der Waals surface area contributed by atoms with Gasteiger partial charge >= 0.3 is 5.97 Å². The molecular formula is C32H55ClO6Si. The Labute approximate surface area is 249 Å². The average molecular weight is 599 g/mol. The van der Waals surface area contributed by atoms with E-state index in [4.69, 9.17) is 30.6 Å². The maximum absolute atomic E-state index is 12.8.